The van der Waals surface area contributed by atoms with Gasteiger partial charge >= 0.3 is 0 Å². The number of carbonyl (C=O) groups excluding carboxylic acids is 3. The summed E-state index contributed by atoms with van der Waals surface area (Å²) in [6.07, 6.45) is 0.0749. The normalized spacial score (nSPS) is 13.6. The van der Waals surface area contributed by atoms with Gasteiger partial charge in [0.1, 0.15) is 5.78 Å². The predicted octanol–water partition coefficient (Wildman–Crippen LogP) is -1.11. The molecule has 0 aliphatic carbocycles. The number of thioether (sulfide) groups is 1. The van der Waals surface area contributed by atoms with Crippen LogP contribution >= 0.6 is 11.8 Å². The molecule has 0 aromatic carbocycles. The number of rotatable bonds is 7. The first-order chi connectivity index (χ1) is 7.92. The second kappa shape index (κ2) is 8.08. The first-order valence-corrected chi connectivity index (χ1v) is 6.27. The SMILES string of the molecule is CNC(=O)CC(SC[C@H](N)C(C)=O)C(=O)NC. The van der Waals surface area contributed by atoms with Crippen LogP contribution < -0.4 is 16.4 Å². The second-order valence-corrected chi connectivity index (χ2v) is 4.77. The van der Waals surface area contributed by atoms with Gasteiger partial charge in [-0.1, -0.05) is 0 Å². The van der Waals surface area contributed by atoms with Crippen molar-refractivity contribution in [2.75, 3.05) is 19.8 Å². The third-order valence-corrected chi connectivity index (χ3v) is 3.52. The molecule has 6 nitrogen and oxygen atoms in total. The van der Waals surface area contributed by atoms with Crippen molar-refractivity contribution in [1.82, 2.24) is 10.6 Å². The third kappa shape index (κ3) is 6.28. The van der Waals surface area contributed by atoms with E-state index in [4.69, 9.17) is 5.73 Å². The molecule has 98 valence electrons. The summed E-state index contributed by atoms with van der Waals surface area (Å²) in [7, 11) is 3.01. The van der Waals surface area contributed by atoms with E-state index < -0.39 is 11.3 Å². The number of amides is 2. The Kier molecular flexibility index (Phi) is 7.56. The van der Waals surface area contributed by atoms with Crippen LogP contribution in [0.5, 0.6) is 0 Å². The highest BCUT2D eigenvalue weighted by atomic mass is 32.2. The zero-order chi connectivity index (χ0) is 13.4. The largest absolute Gasteiger partial charge is 0.359 e. The van der Waals surface area contributed by atoms with Gasteiger partial charge in [0.15, 0.2) is 0 Å². The molecule has 0 saturated carbocycles. The molecule has 0 fully saturated rings. The van der Waals surface area contributed by atoms with Crippen LogP contribution in [0.4, 0.5) is 0 Å². The molecule has 0 radical (unpaired) electrons. The van der Waals surface area contributed by atoms with Crippen LogP contribution in [-0.4, -0.2) is 48.7 Å². The molecule has 0 spiro atoms. The van der Waals surface area contributed by atoms with Gasteiger partial charge in [-0.25, -0.2) is 0 Å². The van der Waals surface area contributed by atoms with Gasteiger partial charge in [-0.15, -0.1) is 11.8 Å². The van der Waals surface area contributed by atoms with Gasteiger partial charge in [0.05, 0.1) is 11.3 Å². The molecule has 0 aromatic heterocycles. The Bertz CT molecular complexity index is 297. The number of Topliss-reactive ketones (excluding diaryl/α,β-unsaturated/α-hetero) is 1. The standard InChI is InChI=1S/C10H19N3O3S/c1-6(14)7(11)5-17-8(10(16)13-3)4-9(15)12-2/h7-8H,4-5,11H2,1-3H3,(H,12,15)(H,13,16)/t7-,8?/m0/s1. The van der Waals surface area contributed by atoms with Crippen molar-refractivity contribution in [3.63, 3.8) is 0 Å². The summed E-state index contributed by atoms with van der Waals surface area (Å²) in [6, 6.07) is -0.600. The summed E-state index contributed by atoms with van der Waals surface area (Å²) in [5.41, 5.74) is 5.57. The van der Waals surface area contributed by atoms with Crippen LogP contribution in [-0.2, 0) is 14.4 Å². The fourth-order valence-electron chi connectivity index (χ4n) is 0.996. The van der Waals surface area contributed by atoms with Crippen LogP contribution in [0.25, 0.3) is 0 Å². The first-order valence-electron chi connectivity index (χ1n) is 5.22. The Hall–Kier alpha value is -1.08. The molecule has 0 heterocycles. The number of carbonyl (C=O) groups is 3. The molecule has 0 rings (SSSR count). The predicted molar refractivity (Wildman–Crippen MR) is 67.7 cm³/mol. The van der Waals surface area contributed by atoms with E-state index in [0.717, 1.165) is 0 Å². The maximum atomic E-state index is 11.5. The minimum Gasteiger partial charge on any atom is -0.359 e. The van der Waals surface area contributed by atoms with Gasteiger partial charge < -0.3 is 16.4 Å². The molecule has 0 aromatic rings. The lowest BCUT2D eigenvalue weighted by atomic mass is 10.2. The third-order valence-electron chi connectivity index (χ3n) is 2.19. The number of nitrogens with two attached hydrogens (primary N) is 1. The smallest absolute Gasteiger partial charge is 0.233 e. The molecule has 1 unspecified atom stereocenters. The van der Waals surface area contributed by atoms with Crippen LogP contribution in [0.2, 0.25) is 0 Å². The van der Waals surface area contributed by atoms with Crippen molar-refractivity contribution in [1.29, 1.82) is 0 Å². The number of ketones is 1. The molecular formula is C10H19N3O3S. The highest BCUT2D eigenvalue weighted by Crippen LogP contribution is 2.16. The molecule has 0 saturated heterocycles. The van der Waals surface area contributed by atoms with E-state index in [1.165, 1.54) is 32.8 Å². The van der Waals surface area contributed by atoms with E-state index in [1.807, 2.05) is 0 Å². The van der Waals surface area contributed by atoms with E-state index in [9.17, 15) is 14.4 Å². The molecule has 4 N–H and O–H groups in total. The summed E-state index contributed by atoms with van der Waals surface area (Å²) < 4.78 is 0. The molecule has 0 aliphatic rings. The van der Waals surface area contributed by atoms with Gasteiger partial charge in [-0.2, -0.15) is 0 Å². The zero-order valence-corrected chi connectivity index (χ0v) is 11.1. The van der Waals surface area contributed by atoms with Crippen molar-refractivity contribution in [3.05, 3.63) is 0 Å². The van der Waals surface area contributed by atoms with Gasteiger partial charge in [-0.05, 0) is 6.92 Å². The number of nitrogens with one attached hydrogen (secondary N) is 2. The van der Waals surface area contributed by atoms with Crippen molar-refractivity contribution < 1.29 is 14.4 Å². The quantitative estimate of drug-likeness (QED) is 0.539. The highest BCUT2D eigenvalue weighted by molar-refractivity contribution is 8.00. The molecule has 2 atom stereocenters. The van der Waals surface area contributed by atoms with Crippen molar-refractivity contribution in [2.24, 2.45) is 5.73 Å². The maximum Gasteiger partial charge on any atom is 0.233 e. The minimum atomic E-state index is -0.600. The molecule has 0 bridgehead atoms. The summed E-state index contributed by atoms with van der Waals surface area (Å²) >= 11 is 1.22. The molecule has 2 amide bonds. The van der Waals surface area contributed by atoms with E-state index in [0.29, 0.717) is 5.75 Å². The van der Waals surface area contributed by atoms with E-state index in [-0.39, 0.29) is 24.0 Å². The van der Waals surface area contributed by atoms with Crippen molar-refractivity contribution in [3.8, 4) is 0 Å². The average molecular weight is 261 g/mol. The van der Waals surface area contributed by atoms with Gasteiger partial charge in [0, 0.05) is 26.3 Å². The van der Waals surface area contributed by atoms with E-state index in [2.05, 4.69) is 10.6 Å². The Balaban J connectivity index is 4.34. The summed E-state index contributed by atoms with van der Waals surface area (Å²) in [6.45, 7) is 1.40. The number of hydrogen-bond donors (Lipinski definition) is 3. The minimum absolute atomic E-state index is 0.0749. The summed E-state index contributed by atoms with van der Waals surface area (Å²) in [5, 5.41) is 4.41. The molecule has 0 aliphatic heterocycles. The molecule has 17 heavy (non-hydrogen) atoms. The summed E-state index contributed by atoms with van der Waals surface area (Å²) in [5.74, 6) is -0.269. The fraction of sp³-hybridized carbons (Fsp3) is 0.700. The van der Waals surface area contributed by atoms with E-state index >= 15 is 0 Å². The monoisotopic (exact) mass is 261 g/mol. The maximum absolute atomic E-state index is 11.5. The Morgan fingerprint density at radius 3 is 2.24 bits per heavy atom. The lowest BCUT2D eigenvalue weighted by molar-refractivity contribution is -0.125. The average Bonchev–Trinajstić information content (AvgIpc) is 2.32. The topological polar surface area (TPSA) is 101 Å². The first kappa shape index (κ1) is 15.9. The Morgan fingerprint density at radius 1 is 1.24 bits per heavy atom. The second-order valence-electron chi connectivity index (χ2n) is 3.53. The summed E-state index contributed by atoms with van der Waals surface area (Å²) in [4.78, 5) is 33.7. The van der Waals surface area contributed by atoms with Crippen LogP contribution in [0.1, 0.15) is 13.3 Å². The van der Waals surface area contributed by atoms with Crippen LogP contribution in [0.3, 0.4) is 0 Å². The van der Waals surface area contributed by atoms with Crippen LogP contribution in [0, 0.1) is 0 Å². The molecule has 7 heteroatoms. The van der Waals surface area contributed by atoms with Crippen molar-refractivity contribution in [2.45, 2.75) is 24.6 Å². The highest BCUT2D eigenvalue weighted by Gasteiger charge is 2.22. The van der Waals surface area contributed by atoms with Gasteiger partial charge in [0.25, 0.3) is 0 Å². The lowest BCUT2D eigenvalue weighted by Gasteiger charge is -2.16. The molecular weight excluding hydrogens is 242 g/mol. The fourth-order valence-corrected chi connectivity index (χ4v) is 2.21. The zero-order valence-electron chi connectivity index (χ0n) is 10.3. The van der Waals surface area contributed by atoms with Crippen molar-refractivity contribution >= 4 is 29.4 Å². The number of hydrogen-bond acceptors (Lipinski definition) is 5. The van der Waals surface area contributed by atoms with Gasteiger partial charge in [0.2, 0.25) is 11.8 Å². The van der Waals surface area contributed by atoms with Gasteiger partial charge in [-0.3, -0.25) is 14.4 Å². The lowest BCUT2D eigenvalue weighted by Crippen LogP contribution is -2.37. The van der Waals surface area contributed by atoms with E-state index in [1.54, 1.807) is 0 Å². The Labute approximate surface area is 105 Å². The van der Waals surface area contributed by atoms with Crippen LogP contribution in [0.15, 0.2) is 0 Å². The Morgan fingerprint density at radius 2 is 1.82 bits per heavy atom.